The van der Waals surface area contributed by atoms with Crippen LogP contribution in [-0.2, 0) is 0 Å². The number of rotatable bonds is 5. The highest BCUT2D eigenvalue weighted by Crippen LogP contribution is 2.16. The minimum absolute atomic E-state index is 0.0684. The number of nitro groups is 1. The lowest BCUT2D eigenvalue weighted by Gasteiger charge is -2.06. The summed E-state index contributed by atoms with van der Waals surface area (Å²) in [5.74, 6) is 0.418. The Hall–Kier alpha value is -3.19. The van der Waals surface area contributed by atoms with E-state index < -0.39 is 4.92 Å². The number of nitrogens with one attached hydrogen (secondary N) is 1. The Morgan fingerprint density at radius 2 is 2.00 bits per heavy atom. The van der Waals surface area contributed by atoms with Crippen LogP contribution in [0.4, 0.5) is 11.5 Å². The van der Waals surface area contributed by atoms with E-state index in [1.165, 1.54) is 18.3 Å². The molecule has 0 aliphatic heterocycles. The number of anilines is 1. The van der Waals surface area contributed by atoms with Gasteiger partial charge in [0.2, 0.25) is 0 Å². The second kappa shape index (κ2) is 6.93. The first-order chi connectivity index (χ1) is 11.6. The molecule has 2 aromatic heterocycles. The summed E-state index contributed by atoms with van der Waals surface area (Å²) in [6.45, 7) is 0. The smallest absolute Gasteiger partial charge is 0.287 e. The van der Waals surface area contributed by atoms with Gasteiger partial charge in [-0.25, -0.2) is 4.98 Å². The summed E-state index contributed by atoms with van der Waals surface area (Å²) in [5, 5.41) is 15.4. The van der Waals surface area contributed by atoms with Gasteiger partial charge in [-0.2, -0.15) is 5.10 Å². The number of benzene rings is 1. The predicted molar refractivity (Wildman–Crippen MR) is 92.9 cm³/mol. The summed E-state index contributed by atoms with van der Waals surface area (Å²) < 4.78 is 1.95. The van der Waals surface area contributed by atoms with E-state index >= 15 is 0 Å². The number of hydrazone groups is 1. The Kier molecular flexibility index (Phi) is 4.53. The molecule has 24 heavy (non-hydrogen) atoms. The van der Waals surface area contributed by atoms with Crippen LogP contribution in [0.5, 0.6) is 0 Å². The molecular formula is C16H12ClN5O2. The quantitative estimate of drug-likeness (QED) is 0.433. The highest BCUT2D eigenvalue weighted by Gasteiger charge is 2.04. The van der Waals surface area contributed by atoms with Gasteiger partial charge in [-0.1, -0.05) is 11.6 Å². The third-order valence-corrected chi connectivity index (χ3v) is 3.47. The first kappa shape index (κ1) is 15.7. The Morgan fingerprint density at radius 3 is 2.67 bits per heavy atom. The SMILES string of the molecule is O=[N+]([O-])c1ccc(N/N=C/c2cccn2-c2ccc(Cl)cc2)nc1. The van der Waals surface area contributed by atoms with Gasteiger partial charge in [0.1, 0.15) is 12.0 Å². The van der Waals surface area contributed by atoms with Crippen molar-refractivity contribution in [3.63, 3.8) is 0 Å². The molecule has 8 heteroatoms. The second-order valence-electron chi connectivity index (χ2n) is 4.81. The van der Waals surface area contributed by atoms with E-state index in [9.17, 15) is 10.1 Å². The van der Waals surface area contributed by atoms with Crippen molar-refractivity contribution >= 4 is 29.3 Å². The van der Waals surface area contributed by atoms with Gasteiger partial charge in [0.05, 0.1) is 16.8 Å². The normalized spacial score (nSPS) is 10.9. The minimum atomic E-state index is -0.501. The highest BCUT2D eigenvalue weighted by atomic mass is 35.5. The molecule has 0 unspecified atom stereocenters. The van der Waals surface area contributed by atoms with E-state index in [-0.39, 0.29) is 5.69 Å². The number of aromatic nitrogens is 2. The average molecular weight is 342 g/mol. The average Bonchev–Trinajstić information content (AvgIpc) is 3.04. The van der Waals surface area contributed by atoms with Gasteiger partial charge in [0.25, 0.3) is 5.69 Å². The van der Waals surface area contributed by atoms with Crippen LogP contribution in [0.3, 0.4) is 0 Å². The molecule has 0 saturated carbocycles. The molecule has 3 aromatic rings. The van der Waals surface area contributed by atoms with Crippen LogP contribution in [0.1, 0.15) is 5.69 Å². The van der Waals surface area contributed by atoms with Gasteiger partial charge < -0.3 is 4.57 Å². The fraction of sp³-hybridized carbons (Fsp3) is 0. The lowest BCUT2D eigenvalue weighted by molar-refractivity contribution is -0.385. The van der Waals surface area contributed by atoms with Gasteiger partial charge in [-0.3, -0.25) is 15.5 Å². The molecule has 120 valence electrons. The van der Waals surface area contributed by atoms with Gasteiger partial charge in [-0.05, 0) is 42.5 Å². The Labute approximate surface area is 142 Å². The Balaban J connectivity index is 1.72. The zero-order valence-electron chi connectivity index (χ0n) is 12.3. The molecule has 0 amide bonds. The fourth-order valence-electron chi connectivity index (χ4n) is 2.06. The predicted octanol–water partition coefficient (Wildman–Crippen LogP) is 3.88. The lowest BCUT2D eigenvalue weighted by Crippen LogP contribution is -2.00. The molecule has 2 heterocycles. The summed E-state index contributed by atoms with van der Waals surface area (Å²) in [5.41, 5.74) is 4.48. The zero-order valence-corrected chi connectivity index (χ0v) is 13.1. The van der Waals surface area contributed by atoms with E-state index in [2.05, 4.69) is 15.5 Å². The van der Waals surface area contributed by atoms with Gasteiger partial charge >= 0.3 is 0 Å². The molecule has 1 N–H and O–H groups in total. The molecule has 3 rings (SSSR count). The molecule has 1 aromatic carbocycles. The van der Waals surface area contributed by atoms with Crippen LogP contribution < -0.4 is 5.43 Å². The highest BCUT2D eigenvalue weighted by molar-refractivity contribution is 6.30. The zero-order chi connectivity index (χ0) is 16.9. The number of halogens is 1. The largest absolute Gasteiger partial charge is 0.316 e. The lowest BCUT2D eigenvalue weighted by atomic mass is 10.3. The molecule has 0 saturated heterocycles. The molecule has 0 aliphatic carbocycles. The summed E-state index contributed by atoms with van der Waals surface area (Å²) in [7, 11) is 0. The maximum absolute atomic E-state index is 10.6. The molecule has 0 bridgehead atoms. The molecular weight excluding hydrogens is 330 g/mol. The van der Waals surface area contributed by atoms with Crippen molar-refractivity contribution in [1.82, 2.24) is 9.55 Å². The van der Waals surface area contributed by atoms with Crippen LogP contribution >= 0.6 is 11.6 Å². The molecule has 0 atom stereocenters. The summed E-state index contributed by atoms with van der Waals surface area (Å²) >= 11 is 5.90. The van der Waals surface area contributed by atoms with Crippen molar-refractivity contribution in [1.29, 1.82) is 0 Å². The summed E-state index contributed by atoms with van der Waals surface area (Å²) in [6.07, 6.45) is 4.72. The molecule has 0 spiro atoms. The molecule has 0 radical (unpaired) electrons. The van der Waals surface area contributed by atoms with Crippen LogP contribution in [0.15, 0.2) is 66.0 Å². The first-order valence-corrected chi connectivity index (χ1v) is 7.34. The van der Waals surface area contributed by atoms with E-state index in [1.54, 1.807) is 6.21 Å². The van der Waals surface area contributed by atoms with Gasteiger partial charge in [0, 0.05) is 23.0 Å². The van der Waals surface area contributed by atoms with Crippen LogP contribution in [0.2, 0.25) is 5.02 Å². The summed E-state index contributed by atoms with van der Waals surface area (Å²) in [6, 6.07) is 14.1. The minimum Gasteiger partial charge on any atom is -0.316 e. The van der Waals surface area contributed by atoms with Crippen molar-refractivity contribution in [2.45, 2.75) is 0 Å². The van der Waals surface area contributed by atoms with Crippen molar-refractivity contribution < 1.29 is 4.92 Å². The number of nitrogens with zero attached hydrogens (tertiary/aromatic N) is 4. The second-order valence-corrected chi connectivity index (χ2v) is 5.24. The third kappa shape index (κ3) is 3.58. The molecule has 0 fully saturated rings. The fourth-order valence-corrected chi connectivity index (χ4v) is 2.19. The number of hydrogen-bond donors (Lipinski definition) is 1. The maximum atomic E-state index is 10.6. The first-order valence-electron chi connectivity index (χ1n) is 6.96. The molecule has 0 aliphatic rings. The maximum Gasteiger partial charge on any atom is 0.287 e. The van der Waals surface area contributed by atoms with Gasteiger partial charge in [-0.15, -0.1) is 0 Å². The topological polar surface area (TPSA) is 85.4 Å². The standard InChI is InChI=1S/C16H12ClN5O2/c17-12-3-5-13(6-4-12)21-9-1-2-14(21)11-19-20-16-8-7-15(10-18-16)22(23)24/h1-11H,(H,18,20)/b19-11+. The summed E-state index contributed by atoms with van der Waals surface area (Å²) in [4.78, 5) is 14.0. The monoisotopic (exact) mass is 341 g/mol. The number of pyridine rings is 1. The van der Waals surface area contributed by atoms with E-state index in [1.807, 2.05) is 47.2 Å². The van der Waals surface area contributed by atoms with Crippen LogP contribution in [0, 0.1) is 10.1 Å². The molecule has 7 nitrogen and oxygen atoms in total. The van der Waals surface area contributed by atoms with Crippen molar-refractivity contribution in [2.75, 3.05) is 5.43 Å². The van der Waals surface area contributed by atoms with Crippen molar-refractivity contribution in [2.24, 2.45) is 5.10 Å². The van der Waals surface area contributed by atoms with Crippen LogP contribution in [0.25, 0.3) is 5.69 Å². The van der Waals surface area contributed by atoms with Gasteiger partial charge in [0.15, 0.2) is 0 Å². The van der Waals surface area contributed by atoms with Crippen molar-refractivity contribution in [3.8, 4) is 5.69 Å². The van der Waals surface area contributed by atoms with E-state index in [0.29, 0.717) is 10.8 Å². The number of hydrogen-bond acceptors (Lipinski definition) is 5. The van der Waals surface area contributed by atoms with Crippen LogP contribution in [-0.4, -0.2) is 20.7 Å². The van der Waals surface area contributed by atoms with E-state index in [0.717, 1.165) is 11.4 Å². The third-order valence-electron chi connectivity index (χ3n) is 3.22. The Bertz CT molecular complexity index is 872. The van der Waals surface area contributed by atoms with E-state index in [4.69, 9.17) is 11.6 Å². The van der Waals surface area contributed by atoms with Crippen molar-refractivity contribution in [3.05, 3.63) is 81.8 Å². The Morgan fingerprint density at radius 1 is 1.21 bits per heavy atom.